The summed E-state index contributed by atoms with van der Waals surface area (Å²) in [7, 11) is 2.14. The van der Waals surface area contributed by atoms with Crippen molar-refractivity contribution in [1.82, 2.24) is 30.2 Å². The molecule has 4 fully saturated rings. The van der Waals surface area contributed by atoms with Crippen LogP contribution in [0.3, 0.4) is 0 Å². The Kier molecular flexibility index (Phi) is 12.4. The molecule has 1 aliphatic carbocycles. The van der Waals surface area contributed by atoms with Gasteiger partial charge in [0.1, 0.15) is 18.1 Å². The second-order valence-corrected chi connectivity index (χ2v) is 16.2. The fourth-order valence-electron chi connectivity index (χ4n) is 8.66. The van der Waals surface area contributed by atoms with Gasteiger partial charge < -0.3 is 30.2 Å². The number of benzene rings is 3. The van der Waals surface area contributed by atoms with E-state index in [9.17, 15) is 19.2 Å². The van der Waals surface area contributed by atoms with E-state index in [4.69, 9.17) is 11.6 Å². The van der Waals surface area contributed by atoms with Gasteiger partial charge in [0.05, 0.1) is 6.67 Å². The lowest BCUT2D eigenvalue weighted by molar-refractivity contribution is -0.140. The highest BCUT2D eigenvalue weighted by Gasteiger charge is 2.54. The smallest absolute Gasteiger partial charge is 0.251 e. The number of likely N-dealkylation sites (tertiary alicyclic amines) is 1. The molecule has 11 nitrogen and oxygen atoms in total. The van der Waals surface area contributed by atoms with Crippen LogP contribution in [0.15, 0.2) is 78.9 Å². The minimum atomic E-state index is -0.885. The highest BCUT2D eigenvalue weighted by Crippen LogP contribution is 2.39. The van der Waals surface area contributed by atoms with Gasteiger partial charge in [-0.3, -0.25) is 24.1 Å². The van der Waals surface area contributed by atoms with E-state index >= 15 is 0 Å². The van der Waals surface area contributed by atoms with Crippen molar-refractivity contribution in [3.05, 3.63) is 101 Å². The summed E-state index contributed by atoms with van der Waals surface area (Å²) in [5, 5.41) is 6.82. The first-order chi connectivity index (χ1) is 26.7. The van der Waals surface area contributed by atoms with Crippen molar-refractivity contribution in [3.8, 4) is 0 Å². The summed E-state index contributed by atoms with van der Waals surface area (Å²) in [6, 6.07) is 24.2. The third kappa shape index (κ3) is 9.34. The summed E-state index contributed by atoms with van der Waals surface area (Å²) in [5.41, 5.74) is 2.54. The van der Waals surface area contributed by atoms with Crippen LogP contribution in [0, 0.1) is 0 Å². The summed E-state index contributed by atoms with van der Waals surface area (Å²) in [6.45, 7) is 5.93. The first kappa shape index (κ1) is 38.8. The summed E-state index contributed by atoms with van der Waals surface area (Å²) < 4.78 is 0. The molecule has 0 bridgehead atoms. The molecular weight excluding hydrogens is 714 g/mol. The number of hydrogen-bond donors (Lipinski definition) is 2. The molecule has 3 saturated heterocycles. The van der Waals surface area contributed by atoms with E-state index in [-0.39, 0.29) is 36.2 Å². The quantitative estimate of drug-likeness (QED) is 0.295. The number of carbonyl (C=O) groups excluding carboxylic acids is 4. The second-order valence-electron chi connectivity index (χ2n) is 15.8. The molecule has 0 aromatic heterocycles. The van der Waals surface area contributed by atoms with Crippen LogP contribution in [-0.4, -0.2) is 120 Å². The van der Waals surface area contributed by atoms with Crippen LogP contribution in [0.5, 0.6) is 0 Å². The molecule has 4 amide bonds. The van der Waals surface area contributed by atoms with Gasteiger partial charge >= 0.3 is 0 Å². The van der Waals surface area contributed by atoms with Crippen LogP contribution < -0.4 is 15.5 Å². The van der Waals surface area contributed by atoms with Crippen molar-refractivity contribution >= 4 is 40.9 Å². The van der Waals surface area contributed by atoms with E-state index in [0.717, 1.165) is 75.2 Å². The zero-order valence-electron chi connectivity index (χ0n) is 31.9. The van der Waals surface area contributed by atoms with Crippen LogP contribution in [0.25, 0.3) is 0 Å². The highest BCUT2D eigenvalue weighted by molar-refractivity contribution is 6.30. The Morgan fingerprint density at radius 1 is 0.818 bits per heavy atom. The molecule has 1 spiro atoms. The Morgan fingerprint density at radius 3 is 2.15 bits per heavy atom. The molecule has 12 heteroatoms. The van der Waals surface area contributed by atoms with Gasteiger partial charge in [0.25, 0.3) is 11.8 Å². The molecule has 2 N–H and O–H groups in total. The Balaban J connectivity index is 1.04. The number of piperidine rings is 1. The molecular formula is C43H54ClN7O4. The third-order valence-electron chi connectivity index (χ3n) is 12.0. The molecule has 292 valence electrons. The van der Waals surface area contributed by atoms with Crippen molar-refractivity contribution in [1.29, 1.82) is 0 Å². The topological polar surface area (TPSA) is 109 Å². The van der Waals surface area contributed by atoms with Crippen LogP contribution in [0.1, 0.15) is 66.4 Å². The normalized spacial score (nSPS) is 20.1. The van der Waals surface area contributed by atoms with Crippen LogP contribution in [-0.2, 0) is 27.3 Å². The van der Waals surface area contributed by atoms with Crippen molar-refractivity contribution < 1.29 is 19.2 Å². The maximum Gasteiger partial charge on any atom is 0.251 e. The van der Waals surface area contributed by atoms with Gasteiger partial charge in [-0.25, -0.2) is 0 Å². The second kappa shape index (κ2) is 17.6. The van der Waals surface area contributed by atoms with Gasteiger partial charge in [-0.2, -0.15) is 0 Å². The molecule has 3 aromatic carbocycles. The van der Waals surface area contributed by atoms with Gasteiger partial charge in [-0.15, -0.1) is 0 Å². The number of likely N-dealkylation sites (N-methyl/N-ethyl adjacent to an activating group) is 1. The number of para-hydroxylation sites is 1. The van der Waals surface area contributed by atoms with E-state index in [2.05, 4.69) is 32.4 Å². The van der Waals surface area contributed by atoms with Crippen molar-refractivity contribution in [3.63, 3.8) is 0 Å². The number of rotatable bonds is 11. The number of hydrogen-bond acceptors (Lipinski definition) is 7. The maximum absolute atomic E-state index is 14.4. The molecule has 3 aliphatic heterocycles. The Morgan fingerprint density at radius 2 is 1.47 bits per heavy atom. The van der Waals surface area contributed by atoms with Crippen LogP contribution >= 0.6 is 11.6 Å². The average molecular weight is 768 g/mol. The van der Waals surface area contributed by atoms with Crippen LogP contribution in [0.4, 0.5) is 5.69 Å². The summed E-state index contributed by atoms with van der Waals surface area (Å²) in [5.74, 6) is -0.701. The molecule has 0 unspecified atom stereocenters. The van der Waals surface area contributed by atoms with Gasteiger partial charge in [-0.05, 0) is 80.3 Å². The van der Waals surface area contributed by atoms with Gasteiger partial charge in [0.2, 0.25) is 11.8 Å². The number of amides is 4. The van der Waals surface area contributed by atoms with E-state index < -0.39 is 11.6 Å². The SMILES string of the molecule is CN1CCN(Cc2ccc(C(=O)N[C@H](Cc3ccc(Cl)cc3)C(=O)N3CCC4(CC3)C(=O)N(CC(=O)NC3CCCCC3)CN4c3ccccc3)cc2)CC1. The first-order valence-electron chi connectivity index (χ1n) is 19.9. The Bertz CT molecular complexity index is 1790. The highest BCUT2D eigenvalue weighted by atomic mass is 35.5. The minimum Gasteiger partial charge on any atom is -0.352 e. The lowest BCUT2D eigenvalue weighted by Crippen LogP contribution is -2.60. The number of carbonyl (C=O) groups is 4. The van der Waals surface area contributed by atoms with E-state index in [0.29, 0.717) is 49.6 Å². The van der Waals surface area contributed by atoms with E-state index in [1.54, 1.807) is 21.9 Å². The lowest BCUT2D eigenvalue weighted by atomic mass is 9.85. The molecule has 4 aliphatic rings. The first-order valence-corrected chi connectivity index (χ1v) is 20.3. The molecule has 1 saturated carbocycles. The standard InChI is InChI=1S/C43H54ClN7O4/c1-47-24-26-48(27-25-47)29-33-12-16-34(17-13-33)40(53)46-38(28-32-14-18-35(44)19-15-32)41(54)49-22-20-43(21-23-49)42(55)50(31-51(43)37-10-6-3-7-11-37)30-39(52)45-36-8-4-2-5-9-36/h3,6-7,10-19,36,38H,2,4-5,8-9,20-31H2,1H3,(H,45,52)(H,46,53)/t38-/m1/s1. The molecule has 0 radical (unpaired) electrons. The van der Waals surface area contributed by atoms with Crippen molar-refractivity contribution in [2.45, 2.75) is 75.5 Å². The van der Waals surface area contributed by atoms with Crippen molar-refractivity contribution in [2.24, 2.45) is 0 Å². The van der Waals surface area contributed by atoms with Crippen LogP contribution in [0.2, 0.25) is 5.02 Å². The zero-order valence-corrected chi connectivity index (χ0v) is 32.7. The minimum absolute atomic E-state index is 0.00902. The van der Waals surface area contributed by atoms with Crippen molar-refractivity contribution in [2.75, 3.05) is 64.4 Å². The van der Waals surface area contributed by atoms with Gasteiger partial charge in [0, 0.05) is 74.5 Å². The molecule has 3 aromatic rings. The number of nitrogens with zero attached hydrogens (tertiary/aromatic N) is 5. The fraction of sp³-hybridized carbons (Fsp3) is 0.488. The summed E-state index contributed by atoms with van der Waals surface area (Å²) in [6.07, 6.45) is 6.49. The monoisotopic (exact) mass is 767 g/mol. The zero-order chi connectivity index (χ0) is 38.4. The molecule has 1 atom stereocenters. The molecule has 55 heavy (non-hydrogen) atoms. The predicted octanol–water partition coefficient (Wildman–Crippen LogP) is 4.54. The average Bonchev–Trinajstić information content (AvgIpc) is 3.46. The number of nitrogens with one attached hydrogen (secondary N) is 2. The lowest BCUT2D eigenvalue weighted by Gasteiger charge is -2.44. The third-order valence-corrected chi connectivity index (χ3v) is 12.2. The predicted molar refractivity (Wildman–Crippen MR) is 215 cm³/mol. The largest absolute Gasteiger partial charge is 0.352 e. The Labute approximate surface area is 329 Å². The molecule has 3 heterocycles. The number of halogens is 1. The van der Waals surface area contributed by atoms with E-state index in [1.165, 1.54) is 6.42 Å². The van der Waals surface area contributed by atoms with Gasteiger partial charge in [0.15, 0.2) is 0 Å². The number of anilines is 1. The summed E-state index contributed by atoms with van der Waals surface area (Å²) >= 11 is 6.18. The molecule has 7 rings (SSSR count). The number of piperazine rings is 1. The Hall–Kier alpha value is -4.45. The van der Waals surface area contributed by atoms with Gasteiger partial charge in [-0.1, -0.05) is 73.3 Å². The summed E-state index contributed by atoms with van der Waals surface area (Å²) in [4.78, 5) is 66.0. The fourth-order valence-corrected chi connectivity index (χ4v) is 8.78. The maximum atomic E-state index is 14.4. The van der Waals surface area contributed by atoms with E-state index in [1.807, 2.05) is 66.7 Å².